The lowest BCUT2D eigenvalue weighted by Gasteiger charge is -2.24. The van der Waals surface area contributed by atoms with Crippen LogP contribution in [0.15, 0.2) is 23.1 Å². The van der Waals surface area contributed by atoms with Crippen LogP contribution in [-0.4, -0.2) is 46.9 Å². The van der Waals surface area contributed by atoms with Crippen molar-refractivity contribution in [3.05, 3.63) is 39.9 Å². The van der Waals surface area contributed by atoms with Gasteiger partial charge in [-0.2, -0.15) is 0 Å². The van der Waals surface area contributed by atoms with E-state index in [-0.39, 0.29) is 21.7 Å². The second kappa shape index (κ2) is 8.30. The summed E-state index contributed by atoms with van der Waals surface area (Å²) in [6, 6.07) is 4.68. The second-order valence-corrected chi connectivity index (χ2v) is 10.4. The zero-order valence-corrected chi connectivity index (χ0v) is 18.0. The minimum Gasteiger partial charge on any atom is -0.314 e. The molecule has 1 unspecified atom stereocenters. The number of nitrogens with zero attached hydrogens (tertiary/aromatic N) is 4. The SMILES string of the molecule is O=S(=O)(CCN1CCCC1c1nnc2n1CCCCC2)c1cc(Cl)ccc1Cl. The van der Waals surface area contributed by atoms with Crippen molar-refractivity contribution in [3.8, 4) is 0 Å². The zero-order chi connectivity index (χ0) is 19.7. The van der Waals surface area contributed by atoms with Gasteiger partial charge in [0.05, 0.1) is 21.7 Å². The van der Waals surface area contributed by atoms with E-state index in [4.69, 9.17) is 23.2 Å². The molecule has 152 valence electrons. The summed E-state index contributed by atoms with van der Waals surface area (Å²) in [5.74, 6) is 2.06. The van der Waals surface area contributed by atoms with Crippen molar-refractivity contribution in [3.63, 3.8) is 0 Å². The lowest BCUT2D eigenvalue weighted by Crippen LogP contribution is -2.31. The number of fused-ring (bicyclic) bond motifs is 1. The summed E-state index contributed by atoms with van der Waals surface area (Å²) in [4.78, 5) is 2.33. The van der Waals surface area contributed by atoms with Crippen LogP contribution >= 0.6 is 23.2 Å². The third-order valence-electron chi connectivity index (χ3n) is 5.68. The van der Waals surface area contributed by atoms with Crippen molar-refractivity contribution in [2.75, 3.05) is 18.8 Å². The fourth-order valence-corrected chi connectivity index (χ4v) is 6.28. The molecule has 0 aliphatic carbocycles. The molecular formula is C19H24Cl2N4O2S. The largest absolute Gasteiger partial charge is 0.314 e. The number of benzene rings is 1. The Hall–Kier alpha value is -1.15. The normalized spacial score (nSPS) is 20.9. The van der Waals surface area contributed by atoms with Crippen LogP contribution in [0.25, 0.3) is 0 Å². The van der Waals surface area contributed by atoms with E-state index in [2.05, 4.69) is 19.7 Å². The van der Waals surface area contributed by atoms with Gasteiger partial charge in [-0.25, -0.2) is 8.42 Å². The first-order valence-electron chi connectivity index (χ1n) is 9.79. The predicted molar refractivity (Wildman–Crippen MR) is 110 cm³/mol. The van der Waals surface area contributed by atoms with Gasteiger partial charge in [-0.05, 0) is 50.4 Å². The van der Waals surface area contributed by atoms with Crippen molar-refractivity contribution in [1.82, 2.24) is 19.7 Å². The topological polar surface area (TPSA) is 68.1 Å². The molecule has 1 aromatic carbocycles. The maximum atomic E-state index is 12.8. The summed E-state index contributed by atoms with van der Waals surface area (Å²) >= 11 is 12.1. The molecule has 0 bridgehead atoms. The van der Waals surface area contributed by atoms with E-state index in [9.17, 15) is 8.42 Å². The number of hydrogen-bond donors (Lipinski definition) is 0. The lowest BCUT2D eigenvalue weighted by molar-refractivity contribution is 0.256. The molecule has 0 amide bonds. The van der Waals surface area contributed by atoms with E-state index < -0.39 is 9.84 Å². The van der Waals surface area contributed by atoms with Gasteiger partial charge in [0.1, 0.15) is 11.6 Å². The van der Waals surface area contributed by atoms with Crippen LogP contribution < -0.4 is 0 Å². The molecule has 3 heterocycles. The number of likely N-dealkylation sites (tertiary alicyclic amines) is 1. The monoisotopic (exact) mass is 442 g/mol. The van der Waals surface area contributed by atoms with Crippen LogP contribution in [0.2, 0.25) is 10.0 Å². The first-order valence-corrected chi connectivity index (χ1v) is 12.2. The van der Waals surface area contributed by atoms with Crippen LogP contribution in [0.1, 0.15) is 49.8 Å². The summed E-state index contributed by atoms with van der Waals surface area (Å²) in [7, 11) is -3.52. The number of rotatable bonds is 5. The number of aromatic nitrogens is 3. The summed E-state index contributed by atoms with van der Waals surface area (Å²) in [5.41, 5.74) is 0. The van der Waals surface area contributed by atoms with Crippen molar-refractivity contribution in [2.45, 2.75) is 56.0 Å². The quantitative estimate of drug-likeness (QED) is 0.701. The van der Waals surface area contributed by atoms with E-state index in [1.54, 1.807) is 6.07 Å². The van der Waals surface area contributed by atoms with Gasteiger partial charge in [-0.1, -0.05) is 29.6 Å². The molecule has 0 saturated carbocycles. The Morgan fingerprint density at radius 2 is 1.93 bits per heavy atom. The molecule has 4 rings (SSSR count). The third kappa shape index (κ3) is 4.08. The van der Waals surface area contributed by atoms with E-state index >= 15 is 0 Å². The average molecular weight is 443 g/mol. The summed E-state index contributed by atoms with van der Waals surface area (Å²) in [5, 5.41) is 9.47. The molecule has 2 aliphatic rings. The van der Waals surface area contributed by atoms with Crippen molar-refractivity contribution < 1.29 is 8.42 Å². The highest BCUT2D eigenvalue weighted by Crippen LogP contribution is 2.33. The Morgan fingerprint density at radius 1 is 1.07 bits per heavy atom. The van der Waals surface area contributed by atoms with E-state index in [1.165, 1.54) is 18.6 Å². The van der Waals surface area contributed by atoms with Crippen molar-refractivity contribution in [1.29, 1.82) is 0 Å². The highest BCUT2D eigenvalue weighted by Gasteiger charge is 2.32. The molecule has 2 aliphatic heterocycles. The van der Waals surface area contributed by atoms with Gasteiger partial charge in [-0.3, -0.25) is 4.90 Å². The Bertz CT molecular complexity index is 961. The average Bonchev–Trinajstić information content (AvgIpc) is 3.22. The molecule has 1 atom stereocenters. The van der Waals surface area contributed by atoms with Crippen LogP contribution in [0, 0.1) is 0 Å². The molecule has 2 aromatic rings. The van der Waals surface area contributed by atoms with E-state index in [1.807, 2.05) is 0 Å². The molecule has 28 heavy (non-hydrogen) atoms. The first kappa shape index (κ1) is 20.1. The molecule has 0 N–H and O–H groups in total. The first-order chi connectivity index (χ1) is 13.5. The van der Waals surface area contributed by atoms with Crippen molar-refractivity contribution in [2.24, 2.45) is 0 Å². The Kier molecular flexibility index (Phi) is 5.97. The highest BCUT2D eigenvalue weighted by molar-refractivity contribution is 7.91. The minimum atomic E-state index is -3.52. The maximum Gasteiger partial charge on any atom is 0.181 e. The summed E-state index contributed by atoms with van der Waals surface area (Å²) in [6.45, 7) is 2.27. The highest BCUT2D eigenvalue weighted by atomic mass is 35.5. The van der Waals surface area contributed by atoms with Crippen LogP contribution in [0.3, 0.4) is 0 Å². The van der Waals surface area contributed by atoms with Gasteiger partial charge < -0.3 is 4.57 Å². The number of aryl methyl sites for hydroxylation is 1. The van der Waals surface area contributed by atoms with E-state index in [0.717, 1.165) is 56.8 Å². The molecule has 0 spiro atoms. The molecule has 1 fully saturated rings. The molecule has 9 heteroatoms. The standard InChI is InChI=1S/C19H24Cl2N4O2S/c20-14-7-8-15(21)17(13-14)28(26,27)12-11-24-9-4-5-16(24)19-23-22-18-6-2-1-3-10-25(18)19/h7-8,13,16H,1-6,9-12H2. The molecule has 0 radical (unpaired) electrons. The molecular weight excluding hydrogens is 419 g/mol. The third-order valence-corrected chi connectivity index (χ3v) is 8.08. The fraction of sp³-hybridized carbons (Fsp3) is 0.579. The van der Waals surface area contributed by atoms with Crippen LogP contribution in [-0.2, 0) is 22.8 Å². The maximum absolute atomic E-state index is 12.8. The summed E-state index contributed by atoms with van der Waals surface area (Å²) < 4.78 is 27.9. The number of halogens is 2. The van der Waals surface area contributed by atoms with Gasteiger partial charge in [-0.15, -0.1) is 10.2 Å². The number of hydrogen-bond acceptors (Lipinski definition) is 5. The van der Waals surface area contributed by atoms with Gasteiger partial charge in [0.2, 0.25) is 0 Å². The molecule has 6 nitrogen and oxygen atoms in total. The zero-order valence-electron chi connectivity index (χ0n) is 15.6. The Labute approximate surface area is 175 Å². The van der Waals surface area contributed by atoms with Crippen molar-refractivity contribution >= 4 is 33.0 Å². The number of sulfone groups is 1. The predicted octanol–water partition coefficient (Wildman–Crippen LogP) is 3.92. The van der Waals surface area contributed by atoms with Gasteiger partial charge >= 0.3 is 0 Å². The van der Waals surface area contributed by atoms with Crippen LogP contribution in [0.4, 0.5) is 0 Å². The minimum absolute atomic E-state index is 0.00452. The smallest absolute Gasteiger partial charge is 0.181 e. The Balaban J connectivity index is 1.51. The van der Waals surface area contributed by atoms with Gasteiger partial charge in [0, 0.05) is 24.5 Å². The van der Waals surface area contributed by atoms with Gasteiger partial charge in [0.15, 0.2) is 9.84 Å². The second-order valence-electron chi connectivity index (χ2n) is 7.52. The fourth-order valence-electron chi connectivity index (χ4n) is 4.20. The van der Waals surface area contributed by atoms with E-state index in [0.29, 0.717) is 11.6 Å². The summed E-state index contributed by atoms with van der Waals surface area (Å²) in [6.07, 6.45) is 6.51. The van der Waals surface area contributed by atoms with Crippen LogP contribution in [0.5, 0.6) is 0 Å². The lowest BCUT2D eigenvalue weighted by atomic mass is 10.2. The Morgan fingerprint density at radius 3 is 2.79 bits per heavy atom. The van der Waals surface area contributed by atoms with Gasteiger partial charge in [0.25, 0.3) is 0 Å². The molecule has 1 saturated heterocycles. The molecule has 1 aromatic heterocycles.